The number of amides is 1. The Bertz CT molecular complexity index is 233. The van der Waals surface area contributed by atoms with Crippen LogP contribution in [0.4, 0.5) is 0 Å². The van der Waals surface area contributed by atoms with E-state index in [9.17, 15) is 14.4 Å². The quantitative estimate of drug-likeness (QED) is 0.494. The third kappa shape index (κ3) is 3.97. The molecular formula is C9H15NO5. The van der Waals surface area contributed by atoms with Crippen LogP contribution in [0.2, 0.25) is 0 Å². The summed E-state index contributed by atoms with van der Waals surface area (Å²) in [7, 11) is 1.33. The molecule has 0 aliphatic rings. The Labute approximate surface area is 87.9 Å². The van der Waals surface area contributed by atoms with Crippen molar-refractivity contribution in [2.75, 3.05) is 20.3 Å². The van der Waals surface area contributed by atoms with Gasteiger partial charge < -0.3 is 14.8 Å². The summed E-state index contributed by atoms with van der Waals surface area (Å²) in [5.74, 6) is -4.05. The second-order valence-corrected chi connectivity index (χ2v) is 2.55. The lowest BCUT2D eigenvalue weighted by Crippen LogP contribution is -2.40. The van der Waals surface area contributed by atoms with Gasteiger partial charge in [-0.25, -0.2) is 0 Å². The van der Waals surface area contributed by atoms with Gasteiger partial charge in [0.2, 0.25) is 11.8 Å². The predicted octanol–water partition coefficient (Wildman–Crippen LogP) is -0.525. The van der Waals surface area contributed by atoms with Crippen molar-refractivity contribution in [3.63, 3.8) is 0 Å². The first-order chi connectivity index (χ1) is 7.08. The van der Waals surface area contributed by atoms with Gasteiger partial charge in [0.15, 0.2) is 0 Å². The minimum absolute atomic E-state index is 0.103. The summed E-state index contributed by atoms with van der Waals surface area (Å²) >= 11 is 0. The molecule has 0 atom stereocenters. The standard InChI is InChI=1S/C9H15NO5/c1-4-14-8(12)6(7(11)10-3)9(13)15-5-2/h6H,4-5H2,1-3H3,(H,10,11). The van der Waals surface area contributed by atoms with Crippen LogP contribution in [0, 0.1) is 5.92 Å². The molecular weight excluding hydrogens is 202 g/mol. The molecule has 6 heteroatoms. The average Bonchev–Trinajstić information content (AvgIpc) is 2.18. The highest BCUT2D eigenvalue weighted by atomic mass is 16.6. The molecule has 0 aromatic heterocycles. The van der Waals surface area contributed by atoms with Crippen LogP contribution >= 0.6 is 0 Å². The van der Waals surface area contributed by atoms with Crippen molar-refractivity contribution in [1.29, 1.82) is 0 Å². The number of carbonyl (C=O) groups is 3. The smallest absolute Gasteiger partial charge is 0.330 e. The van der Waals surface area contributed by atoms with Crippen LogP contribution in [0.25, 0.3) is 0 Å². The van der Waals surface area contributed by atoms with Gasteiger partial charge in [-0.1, -0.05) is 0 Å². The number of ether oxygens (including phenoxy) is 2. The number of carbonyl (C=O) groups excluding carboxylic acids is 3. The van der Waals surface area contributed by atoms with Crippen LogP contribution in [0.15, 0.2) is 0 Å². The third-order valence-electron chi connectivity index (χ3n) is 1.55. The van der Waals surface area contributed by atoms with E-state index in [-0.39, 0.29) is 13.2 Å². The normalized spacial score (nSPS) is 9.60. The summed E-state index contributed by atoms with van der Waals surface area (Å²) in [6.07, 6.45) is 0. The van der Waals surface area contributed by atoms with Gasteiger partial charge >= 0.3 is 11.9 Å². The van der Waals surface area contributed by atoms with Crippen molar-refractivity contribution in [2.24, 2.45) is 5.92 Å². The average molecular weight is 217 g/mol. The molecule has 0 aliphatic heterocycles. The first-order valence-corrected chi connectivity index (χ1v) is 4.63. The van der Waals surface area contributed by atoms with E-state index < -0.39 is 23.8 Å². The van der Waals surface area contributed by atoms with Gasteiger partial charge in [0, 0.05) is 7.05 Å². The van der Waals surface area contributed by atoms with Crippen LogP contribution in [-0.4, -0.2) is 38.1 Å². The van der Waals surface area contributed by atoms with Gasteiger partial charge in [0.25, 0.3) is 0 Å². The zero-order valence-electron chi connectivity index (χ0n) is 9.03. The molecule has 0 spiro atoms. The van der Waals surface area contributed by atoms with Crippen LogP contribution in [0.1, 0.15) is 13.8 Å². The van der Waals surface area contributed by atoms with E-state index in [4.69, 9.17) is 0 Å². The van der Waals surface area contributed by atoms with Gasteiger partial charge in [-0.3, -0.25) is 14.4 Å². The minimum atomic E-state index is -1.53. The molecule has 1 N–H and O–H groups in total. The SMILES string of the molecule is CCOC(=O)C(C(=O)NC)C(=O)OCC. The Morgan fingerprint density at radius 2 is 1.47 bits per heavy atom. The molecule has 0 unspecified atom stereocenters. The van der Waals surface area contributed by atoms with Crippen LogP contribution in [0.5, 0.6) is 0 Å². The number of rotatable bonds is 5. The molecule has 0 aliphatic carbocycles. The maximum absolute atomic E-state index is 11.3. The minimum Gasteiger partial charge on any atom is -0.465 e. The molecule has 86 valence electrons. The summed E-state index contributed by atoms with van der Waals surface area (Å²) in [5, 5.41) is 2.20. The second kappa shape index (κ2) is 6.80. The van der Waals surface area contributed by atoms with Gasteiger partial charge in [0.05, 0.1) is 13.2 Å². The maximum Gasteiger partial charge on any atom is 0.330 e. The number of hydrogen-bond donors (Lipinski definition) is 1. The van der Waals surface area contributed by atoms with E-state index >= 15 is 0 Å². The van der Waals surface area contributed by atoms with Gasteiger partial charge in [-0.05, 0) is 13.8 Å². The molecule has 0 aromatic rings. The topological polar surface area (TPSA) is 81.7 Å². The summed E-state index contributed by atoms with van der Waals surface area (Å²) in [4.78, 5) is 33.8. The van der Waals surface area contributed by atoms with Crippen molar-refractivity contribution in [3.05, 3.63) is 0 Å². The van der Waals surface area contributed by atoms with Crippen molar-refractivity contribution < 1.29 is 23.9 Å². The highest BCUT2D eigenvalue weighted by Crippen LogP contribution is 2.03. The third-order valence-corrected chi connectivity index (χ3v) is 1.55. The predicted molar refractivity (Wildman–Crippen MR) is 50.8 cm³/mol. The van der Waals surface area contributed by atoms with Crippen molar-refractivity contribution >= 4 is 17.8 Å². The second-order valence-electron chi connectivity index (χ2n) is 2.55. The zero-order valence-corrected chi connectivity index (χ0v) is 9.03. The fourth-order valence-electron chi connectivity index (χ4n) is 0.906. The molecule has 0 radical (unpaired) electrons. The zero-order chi connectivity index (χ0) is 11.8. The molecule has 0 bridgehead atoms. The summed E-state index contributed by atoms with van der Waals surface area (Å²) in [5.41, 5.74) is 0. The van der Waals surface area contributed by atoms with Crippen LogP contribution in [-0.2, 0) is 23.9 Å². The summed E-state index contributed by atoms with van der Waals surface area (Å²) in [6, 6.07) is 0. The fraction of sp³-hybridized carbons (Fsp3) is 0.667. The number of hydrogen-bond acceptors (Lipinski definition) is 5. The Kier molecular flexibility index (Phi) is 6.08. The molecule has 0 rings (SSSR count). The van der Waals surface area contributed by atoms with Crippen LogP contribution < -0.4 is 5.32 Å². The van der Waals surface area contributed by atoms with Gasteiger partial charge in [0.1, 0.15) is 0 Å². The highest BCUT2D eigenvalue weighted by molar-refractivity contribution is 6.14. The molecule has 15 heavy (non-hydrogen) atoms. The molecule has 6 nitrogen and oxygen atoms in total. The van der Waals surface area contributed by atoms with Crippen LogP contribution in [0.3, 0.4) is 0 Å². The maximum atomic E-state index is 11.3. The van der Waals surface area contributed by atoms with Gasteiger partial charge in [-0.2, -0.15) is 0 Å². The largest absolute Gasteiger partial charge is 0.465 e. The molecule has 0 aromatic carbocycles. The molecule has 0 fully saturated rings. The monoisotopic (exact) mass is 217 g/mol. The summed E-state index contributed by atoms with van der Waals surface area (Å²) < 4.78 is 9.19. The van der Waals surface area contributed by atoms with Crippen molar-refractivity contribution in [2.45, 2.75) is 13.8 Å². The lowest BCUT2D eigenvalue weighted by atomic mass is 10.1. The van der Waals surface area contributed by atoms with E-state index in [1.807, 2.05) is 0 Å². The van der Waals surface area contributed by atoms with E-state index in [1.165, 1.54) is 7.05 Å². The lowest BCUT2D eigenvalue weighted by Gasteiger charge is -2.12. The Hall–Kier alpha value is -1.59. The molecule has 0 saturated carbocycles. The highest BCUT2D eigenvalue weighted by Gasteiger charge is 2.36. The molecule has 1 amide bonds. The Morgan fingerprint density at radius 3 is 1.73 bits per heavy atom. The Morgan fingerprint density at radius 1 is 1.07 bits per heavy atom. The van der Waals surface area contributed by atoms with E-state index in [2.05, 4.69) is 14.8 Å². The Balaban J connectivity index is 4.64. The van der Waals surface area contributed by atoms with Crippen molar-refractivity contribution in [1.82, 2.24) is 5.32 Å². The first kappa shape index (κ1) is 13.4. The molecule has 0 heterocycles. The van der Waals surface area contributed by atoms with E-state index in [0.717, 1.165) is 0 Å². The molecule has 0 saturated heterocycles. The lowest BCUT2D eigenvalue weighted by molar-refractivity contribution is -0.164. The van der Waals surface area contributed by atoms with Gasteiger partial charge in [-0.15, -0.1) is 0 Å². The van der Waals surface area contributed by atoms with E-state index in [0.29, 0.717) is 0 Å². The summed E-state index contributed by atoms with van der Waals surface area (Å²) in [6.45, 7) is 3.38. The number of esters is 2. The van der Waals surface area contributed by atoms with Crippen molar-refractivity contribution in [3.8, 4) is 0 Å². The number of nitrogens with one attached hydrogen (secondary N) is 1. The first-order valence-electron chi connectivity index (χ1n) is 4.63. The van der Waals surface area contributed by atoms with E-state index in [1.54, 1.807) is 13.8 Å². The fourth-order valence-corrected chi connectivity index (χ4v) is 0.906.